The number of nitrogens with zero attached hydrogens (tertiary/aromatic N) is 2. The summed E-state index contributed by atoms with van der Waals surface area (Å²) in [4.78, 5) is 7.28. The van der Waals surface area contributed by atoms with E-state index in [1.807, 2.05) is 24.5 Å². The van der Waals surface area contributed by atoms with Gasteiger partial charge in [-0.3, -0.25) is 4.98 Å². The van der Waals surface area contributed by atoms with Gasteiger partial charge in [0.2, 0.25) is 0 Å². The molecule has 3 rings (SSSR count). The molecule has 0 spiro atoms. The number of benzene rings is 2. The van der Waals surface area contributed by atoms with Crippen molar-refractivity contribution < 1.29 is 0 Å². The summed E-state index contributed by atoms with van der Waals surface area (Å²) in [5, 5.41) is 2.34. The lowest BCUT2D eigenvalue weighted by atomic mass is 10.1. The molecule has 122 valence electrons. The number of hydrogen-bond acceptors (Lipinski definition) is 3. The van der Waals surface area contributed by atoms with Gasteiger partial charge in [0, 0.05) is 43.8 Å². The predicted molar refractivity (Wildman–Crippen MR) is 104 cm³/mol. The highest BCUT2D eigenvalue weighted by Gasteiger charge is 2.11. The molecule has 0 aliphatic carbocycles. The van der Waals surface area contributed by atoms with E-state index >= 15 is 0 Å². The highest BCUT2D eigenvalue weighted by Crippen LogP contribution is 2.16. The zero-order valence-corrected chi connectivity index (χ0v) is 14.4. The Morgan fingerprint density at radius 3 is 2.62 bits per heavy atom. The Bertz CT molecular complexity index is 817. The first-order valence-electron chi connectivity index (χ1n) is 8.10. The summed E-state index contributed by atoms with van der Waals surface area (Å²) in [5.41, 5.74) is 8.24. The standard InChI is InChI=1S/C20H21N3S/c21-9-11-23(15-16-4-2-1-3-5-16)20(24)13-17-6-7-19-14-22-10-8-18(19)12-17/h1-8,10,12,14H,9,11,13,15,21H2. The SMILES string of the molecule is NCCN(Cc1ccccc1)C(=S)Cc1ccc2cnccc2c1. The fraction of sp³-hybridized carbons (Fsp3) is 0.200. The summed E-state index contributed by atoms with van der Waals surface area (Å²) in [6.07, 6.45) is 4.45. The van der Waals surface area contributed by atoms with Gasteiger partial charge in [0.1, 0.15) is 0 Å². The lowest BCUT2D eigenvalue weighted by Gasteiger charge is -2.25. The zero-order valence-electron chi connectivity index (χ0n) is 13.6. The van der Waals surface area contributed by atoms with Crippen molar-refractivity contribution in [1.82, 2.24) is 9.88 Å². The van der Waals surface area contributed by atoms with Gasteiger partial charge in [-0.05, 0) is 22.6 Å². The van der Waals surface area contributed by atoms with Crippen LogP contribution in [0.4, 0.5) is 0 Å². The van der Waals surface area contributed by atoms with Crippen LogP contribution in [0.25, 0.3) is 10.8 Å². The first-order valence-corrected chi connectivity index (χ1v) is 8.51. The highest BCUT2D eigenvalue weighted by molar-refractivity contribution is 7.80. The third-order valence-corrected chi connectivity index (χ3v) is 4.43. The minimum absolute atomic E-state index is 0.594. The lowest BCUT2D eigenvalue weighted by molar-refractivity contribution is 0.424. The Hall–Kier alpha value is -2.30. The van der Waals surface area contributed by atoms with Crippen molar-refractivity contribution in [2.24, 2.45) is 5.73 Å². The average molecular weight is 335 g/mol. The van der Waals surface area contributed by atoms with Crippen molar-refractivity contribution in [3.8, 4) is 0 Å². The number of nitrogens with two attached hydrogens (primary N) is 1. The van der Waals surface area contributed by atoms with Crippen LogP contribution in [0.1, 0.15) is 11.1 Å². The van der Waals surface area contributed by atoms with E-state index in [0.717, 1.165) is 29.9 Å². The van der Waals surface area contributed by atoms with Gasteiger partial charge in [-0.2, -0.15) is 0 Å². The van der Waals surface area contributed by atoms with Crippen molar-refractivity contribution in [2.75, 3.05) is 13.1 Å². The van der Waals surface area contributed by atoms with Crippen LogP contribution in [-0.4, -0.2) is 28.0 Å². The monoisotopic (exact) mass is 335 g/mol. The van der Waals surface area contributed by atoms with Crippen molar-refractivity contribution in [3.63, 3.8) is 0 Å². The largest absolute Gasteiger partial charge is 0.360 e. The molecule has 0 atom stereocenters. The fourth-order valence-electron chi connectivity index (χ4n) is 2.78. The molecule has 0 saturated carbocycles. The molecular formula is C20H21N3S. The van der Waals surface area contributed by atoms with E-state index in [4.69, 9.17) is 18.0 Å². The summed E-state index contributed by atoms with van der Waals surface area (Å²) in [7, 11) is 0. The maximum atomic E-state index is 5.78. The van der Waals surface area contributed by atoms with Gasteiger partial charge < -0.3 is 10.6 Å². The lowest BCUT2D eigenvalue weighted by Crippen LogP contribution is -2.34. The predicted octanol–water partition coefficient (Wildman–Crippen LogP) is 3.57. The Labute approximate surface area is 148 Å². The van der Waals surface area contributed by atoms with Crippen LogP contribution < -0.4 is 5.73 Å². The van der Waals surface area contributed by atoms with Crippen molar-refractivity contribution >= 4 is 28.0 Å². The Balaban J connectivity index is 1.74. The van der Waals surface area contributed by atoms with Crippen LogP contribution >= 0.6 is 12.2 Å². The molecule has 0 fully saturated rings. The van der Waals surface area contributed by atoms with Gasteiger partial charge in [-0.15, -0.1) is 0 Å². The number of thiocarbonyl (C=S) groups is 1. The maximum Gasteiger partial charge on any atom is 0.0827 e. The Morgan fingerprint density at radius 2 is 1.83 bits per heavy atom. The second kappa shape index (κ2) is 7.99. The summed E-state index contributed by atoms with van der Waals surface area (Å²) in [6, 6.07) is 18.8. The smallest absolute Gasteiger partial charge is 0.0827 e. The van der Waals surface area contributed by atoms with Gasteiger partial charge in [0.05, 0.1) is 4.99 Å². The third kappa shape index (κ3) is 4.16. The average Bonchev–Trinajstić information content (AvgIpc) is 2.62. The molecule has 0 bridgehead atoms. The first kappa shape index (κ1) is 16.6. The van der Waals surface area contributed by atoms with Gasteiger partial charge in [0.15, 0.2) is 0 Å². The number of fused-ring (bicyclic) bond motifs is 1. The van der Waals surface area contributed by atoms with E-state index in [1.165, 1.54) is 16.5 Å². The number of pyridine rings is 1. The van der Waals surface area contributed by atoms with Gasteiger partial charge in [0.25, 0.3) is 0 Å². The Morgan fingerprint density at radius 1 is 1.00 bits per heavy atom. The molecule has 3 nitrogen and oxygen atoms in total. The summed E-state index contributed by atoms with van der Waals surface area (Å²) in [6.45, 7) is 2.16. The van der Waals surface area contributed by atoms with Crippen LogP contribution in [0, 0.1) is 0 Å². The second-order valence-corrected chi connectivity index (χ2v) is 6.29. The minimum Gasteiger partial charge on any atom is -0.360 e. The molecule has 4 heteroatoms. The zero-order chi connectivity index (χ0) is 16.8. The highest BCUT2D eigenvalue weighted by atomic mass is 32.1. The second-order valence-electron chi connectivity index (χ2n) is 5.82. The molecule has 1 heterocycles. The Kier molecular flexibility index (Phi) is 5.51. The van der Waals surface area contributed by atoms with Gasteiger partial charge in [-0.1, -0.05) is 60.7 Å². The molecule has 0 radical (unpaired) electrons. The van der Waals surface area contributed by atoms with Crippen molar-refractivity contribution in [2.45, 2.75) is 13.0 Å². The molecule has 0 saturated heterocycles. The van der Waals surface area contributed by atoms with E-state index in [1.54, 1.807) is 0 Å². The van der Waals surface area contributed by atoms with E-state index in [-0.39, 0.29) is 0 Å². The molecule has 2 aromatic carbocycles. The molecule has 24 heavy (non-hydrogen) atoms. The summed E-state index contributed by atoms with van der Waals surface area (Å²) in [5.74, 6) is 0. The van der Waals surface area contributed by atoms with Gasteiger partial charge in [-0.25, -0.2) is 0 Å². The van der Waals surface area contributed by atoms with E-state index in [2.05, 4.69) is 52.3 Å². The van der Waals surface area contributed by atoms with E-state index < -0.39 is 0 Å². The van der Waals surface area contributed by atoms with E-state index in [0.29, 0.717) is 6.54 Å². The molecule has 0 aliphatic rings. The molecule has 2 N–H and O–H groups in total. The quantitative estimate of drug-likeness (QED) is 0.699. The van der Waals surface area contributed by atoms with Gasteiger partial charge >= 0.3 is 0 Å². The van der Waals surface area contributed by atoms with E-state index in [9.17, 15) is 0 Å². The van der Waals surface area contributed by atoms with Crippen molar-refractivity contribution in [1.29, 1.82) is 0 Å². The van der Waals surface area contributed by atoms with Crippen LogP contribution in [0.2, 0.25) is 0 Å². The summed E-state index contributed by atoms with van der Waals surface area (Å²) >= 11 is 5.70. The first-order chi connectivity index (χ1) is 11.8. The molecular weight excluding hydrogens is 314 g/mol. The molecule has 0 unspecified atom stereocenters. The normalized spacial score (nSPS) is 10.7. The molecule has 1 aromatic heterocycles. The van der Waals surface area contributed by atoms with Crippen LogP contribution in [0.5, 0.6) is 0 Å². The minimum atomic E-state index is 0.594. The number of aromatic nitrogens is 1. The molecule has 0 amide bonds. The number of hydrogen-bond donors (Lipinski definition) is 1. The van der Waals surface area contributed by atoms with Crippen LogP contribution in [0.15, 0.2) is 67.0 Å². The summed E-state index contributed by atoms with van der Waals surface area (Å²) < 4.78 is 0. The maximum absolute atomic E-state index is 5.78. The molecule has 3 aromatic rings. The molecule has 0 aliphatic heterocycles. The van der Waals surface area contributed by atoms with Crippen LogP contribution in [-0.2, 0) is 13.0 Å². The van der Waals surface area contributed by atoms with Crippen molar-refractivity contribution in [3.05, 3.63) is 78.1 Å². The third-order valence-electron chi connectivity index (χ3n) is 4.03. The number of rotatable bonds is 6. The fourth-order valence-corrected chi connectivity index (χ4v) is 3.10. The van der Waals surface area contributed by atoms with Crippen LogP contribution in [0.3, 0.4) is 0 Å². The topological polar surface area (TPSA) is 42.1 Å².